The second-order valence-electron chi connectivity index (χ2n) is 6.62. The third kappa shape index (κ3) is 2.85. The fourth-order valence-electron chi connectivity index (χ4n) is 3.23. The molecule has 0 amide bonds. The second-order valence-corrected chi connectivity index (χ2v) is 6.62. The van der Waals surface area contributed by atoms with E-state index in [1.807, 2.05) is 18.7 Å². The lowest BCUT2D eigenvalue weighted by atomic mass is 10.0. The van der Waals surface area contributed by atoms with Crippen LogP contribution in [0.3, 0.4) is 0 Å². The maximum Gasteiger partial charge on any atom is 0.163 e. The molecule has 1 fully saturated rings. The highest BCUT2D eigenvalue weighted by atomic mass is 15.3. The zero-order valence-corrected chi connectivity index (χ0v) is 13.3. The van der Waals surface area contributed by atoms with Crippen molar-refractivity contribution in [3.05, 3.63) is 12.0 Å². The molecule has 0 unspecified atom stereocenters. The highest BCUT2D eigenvalue weighted by Gasteiger charge is 2.25. The topological polar surface area (TPSA) is 58.9 Å². The van der Waals surface area contributed by atoms with Gasteiger partial charge in [-0.05, 0) is 46.7 Å². The molecule has 1 saturated heterocycles. The molecule has 3 heterocycles. The average Bonchev–Trinajstić information content (AvgIpc) is 2.98. The zero-order chi connectivity index (χ0) is 15.0. The zero-order valence-electron chi connectivity index (χ0n) is 13.3. The Bertz CT molecular complexity index is 639. The number of hydrogen-bond donors (Lipinski definition) is 1. The third-order valence-corrected chi connectivity index (χ3v) is 4.07. The van der Waals surface area contributed by atoms with Crippen molar-refractivity contribution < 1.29 is 0 Å². The summed E-state index contributed by atoms with van der Waals surface area (Å²) in [6.45, 7) is 9.89. The molecule has 0 saturated carbocycles. The summed E-state index contributed by atoms with van der Waals surface area (Å²) in [7, 11) is 1.92. The molecular weight excluding hydrogens is 264 g/mol. The van der Waals surface area contributed by atoms with Crippen molar-refractivity contribution in [2.75, 3.05) is 25.0 Å². The Kier molecular flexibility index (Phi) is 3.57. The van der Waals surface area contributed by atoms with E-state index < -0.39 is 0 Å². The number of aromatic nitrogens is 4. The molecule has 0 aromatic carbocycles. The molecule has 1 aliphatic heterocycles. The standard InChI is InChI=1S/C15H24N6/c1-11-12-13(16-10-17-14(12)20(4)19-11)18-15(2,3)9-21-7-5-6-8-21/h10H,5-9H2,1-4H3,(H,16,17,18). The first-order valence-electron chi connectivity index (χ1n) is 7.61. The number of nitrogens with zero attached hydrogens (tertiary/aromatic N) is 5. The lowest BCUT2D eigenvalue weighted by Gasteiger charge is -2.31. The molecular formula is C15H24N6. The van der Waals surface area contributed by atoms with Crippen molar-refractivity contribution in [3.8, 4) is 0 Å². The predicted molar refractivity (Wildman–Crippen MR) is 84.4 cm³/mol. The first kappa shape index (κ1) is 14.3. The molecule has 0 spiro atoms. The van der Waals surface area contributed by atoms with Gasteiger partial charge in [-0.3, -0.25) is 4.68 Å². The van der Waals surface area contributed by atoms with E-state index in [4.69, 9.17) is 0 Å². The molecule has 0 bridgehead atoms. The van der Waals surface area contributed by atoms with E-state index in [0.29, 0.717) is 0 Å². The van der Waals surface area contributed by atoms with Crippen molar-refractivity contribution >= 4 is 16.9 Å². The lowest BCUT2D eigenvalue weighted by Crippen LogP contribution is -2.43. The van der Waals surface area contributed by atoms with Gasteiger partial charge >= 0.3 is 0 Å². The maximum absolute atomic E-state index is 4.45. The minimum Gasteiger partial charge on any atom is -0.363 e. The Labute approximate surface area is 125 Å². The second kappa shape index (κ2) is 5.26. The van der Waals surface area contributed by atoms with Gasteiger partial charge in [-0.15, -0.1) is 0 Å². The van der Waals surface area contributed by atoms with E-state index in [9.17, 15) is 0 Å². The highest BCUT2D eigenvalue weighted by molar-refractivity contribution is 5.89. The van der Waals surface area contributed by atoms with E-state index in [0.717, 1.165) is 29.1 Å². The Balaban J connectivity index is 1.86. The van der Waals surface area contributed by atoms with E-state index in [1.54, 1.807) is 6.33 Å². The normalized spacial score (nSPS) is 16.8. The molecule has 21 heavy (non-hydrogen) atoms. The minimum atomic E-state index is -0.0338. The predicted octanol–water partition coefficient (Wildman–Crippen LogP) is 1.96. The lowest BCUT2D eigenvalue weighted by molar-refractivity contribution is 0.284. The summed E-state index contributed by atoms with van der Waals surface area (Å²) in [5, 5.41) is 9.07. The van der Waals surface area contributed by atoms with Crippen LogP contribution in [0.2, 0.25) is 0 Å². The van der Waals surface area contributed by atoms with Crippen LogP contribution in [-0.4, -0.2) is 49.8 Å². The van der Waals surface area contributed by atoms with Gasteiger partial charge in [0, 0.05) is 19.1 Å². The van der Waals surface area contributed by atoms with Crippen molar-refractivity contribution in [3.63, 3.8) is 0 Å². The fraction of sp³-hybridized carbons (Fsp3) is 0.667. The number of fused-ring (bicyclic) bond motifs is 1. The van der Waals surface area contributed by atoms with Gasteiger partial charge in [-0.2, -0.15) is 5.10 Å². The maximum atomic E-state index is 4.45. The van der Waals surface area contributed by atoms with Gasteiger partial charge in [0.1, 0.15) is 12.1 Å². The van der Waals surface area contributed by atoms with Crippen molar-refractivity contribution in [2.45, 2.75) is 39.2 Å². The first-order valence-corrected chi connectivity index (χ1v) is 7.61. The van der Waals surface area contributed by atoms with Gasteiger partial charge in [0.25, 0.3) is 0 Å². The molecule has 114 valence electrons. The number of hydrogen-bond acceptors (Lipinski definition) is 5. The number of anilines is 1. The largest absolute Gasteiger partial charge is 0.363 e. The average molecular weight is 288 g/mol. The van der Waals surface area contributed by atoms with Crippen molar-refractivity contribution in [2.24, 2.45) is 7.05 Å². The summed E-state index contributed by atoms with van der Waals surface area (Å²) < 4.78 is 1.81. The molecule has 0 aliphatic carbocycles. The monoisotopic (exact) mass is 288 g/mol. The Hall–Kier alpha value is -1.69. The quantitative estimate of drug-likeness (QED) is 0.932. The summed E-state index contributed by atoms with van der Waals surface area (Å²) in [4.78, 5) is 11.3. The molecule has 0 radical (unpaired) electrons. The van der Waals surface area contributed by atoms with Crippen molar-refractivity contribution in [1.29, 1.82) is 0 Å². The third-order valence-electron chi connectivity index (χ3n) is 4.07. The highest BCUT2D eigenvalue weighted by Crippen LogP contribution is 2.25. The van der Waals surface area contributed by atoms with Crippen molar-refractivity contribution in [1.82, 2.24) is 24.6 Å². The van der Waals surface area contributed by atoms with Gasteiger partial charge in [0.15, 0.2) is 5.65 Å². The smallest absolute Gasteiger partial charge is 0.163 e. The van der Waals surface area contributed by atoms with Crippen LogP contribution in [0, 0.1) is 6.92 Å². The van der Waals surface area contributed by atoms with Gasteiger partial charge < -0.3 is 10.2 Å². The van der Waals surface area contributed by atoms with Crippen LogP contribution in [0.15, 0.2) is 6.33 Å². The summed E-state index contributed by atoms with van der Waals surface area (Å²) >= 11 is 0. The Morgan fingerprint density at radius 1 is 1.24 bits per heavy atom. The van der Waals surface area contributed by atoms with Gasteiger partial charge in [0.2, 0.25) is 0 Å². The van der Waals surface area contributed by atoms with Crippen LogP contribution in [-0.2, 0) is 7.05 Å². The molecule has 6 nitrogen and oxygen atoms in total. The number of rotatable bonds is 4. The summed E-state index contributed by atoms with van der Waals surface area (Å²) in [5.74, 6) is 0.884. The Morgan fingerprint density at radius 3 is 2.67 bits per heavy atom. The van der Waals surface area contributed by atoms with Crippen LogP contribution in [0.1, 0.15) is 32.4 Å². The van der Waals surface area contributed by atoms with E-state index in [-0.39, 0.29) is 5.54 Å². The Morgan fingerprint density at radius 2 is 1.95 bits per heavy atom. The number of aryl methyl sites for hydroxylation is 2. The van der Waals surface area contributed by atoms with Crippen LogP contribution in [0.5, 0.6) is 0 Å². The van der Waals surface area contributed by atoms with Crippen LogP contribution < -0.4 is 5.32 Å². The first-order chi connectivity index (χ1) is 9.96. The molecule has 1 aliphatic rings. The molecule has 2 aromatic rings. The van der Waals surface area contributed by atoms with Gasteiger partial charge in [-0.25, -0.2) is 9.97 Å². The van der Waals surface area contributed by atoms with E-state index >= 15 is 0 Å². The van der Waals surface area contributed by atoms with Crippen LogP contribution in [0.25, 0.3) is 11.0 Å². The summed E-state index contributed by atoms with van der Waals surface area (Å²) in [5.41, 5.74) is 1.81. The minimum absolute atomic E-state index is 0.0338. The van der Waals surface area contributed by atoms with E-state index in [2.05, 4.69) is 39.1 Å². The summed E-state index contributed by atoms with van der Waals surface area (Å²) in [6, 6.07) is 0. The number of likely N-dealkylation sites (tertiary alicyclic amines) is 1. The molecule has 6 heteroatoms. The van der Waals surface area contributed by atoms with Gasteiger partial charge in [-0.1, -0.05) is 0 Å². The molecule has 1 N–H and O–H groups in total. The van der Waals surface area contributed by atoms with Crippen LogP contribution in [0.4, 0.5) is 5.82 Å². The summed E-state index contributed by atoms with van der Waals surface area (Å²) in [6.07, 6.45) is 4.24. The number of nitrogens with one attached hydrogen (secondary N) is 1. The van der Waals surface area contributed by atoms with E-state index in [1.165, 1.54) is 25.9 Å². The van der Waals surface area contributed by atoms with Crippen LogP contribution >= 0.6 is 0 Å². The molecule has 2 aromatic heterocycles. The SMILES string of the molecule is Cc1nn(C)c2ncnc(NC(C)(C)CN3CCCC3)c12. The molecule has 0 atom stereocenters. The molecule has 3 rings (SSSR count). The van der Waals surface area contributed by atoms with Gasteiger partial charge in [0.05, 0.1) is 11.1 Å². The fourth-order valence-corrected chi connectivity index (χ4v) is 3.23.